The van der Waals surface area contributed by atoms with E-state index in [-0.39, 0.29) is 5.11 Å². The van der Waals surface area contributed by atoms with E-state index in [2.05, 4.69) is 54.7 Å². The molecule has 10 nitrogen and oxygen atoms in total. The molecule has 0 radical (unpaired) electrons. The van der Waals surface area contributed by atoms with Crippen molar-refractivity contribution >= 4 is 34.9 Å². The molecule has 2 N–H and O–H groups in total. The average Bonchev–Trinajstić information content (AvgIpc) is 2.92. The van der Waals surface area contributed by atoms with Crippen molar-refractivity contribution in [1.29, 1.82) is 0 Å². The van der Waals surface area contributed by atoms with Crippen LogP contribution in [-0.2, 0) is 6.54 Å². The molecule has 1 saturated heterocycles. The van der Waals surface area contributed by atoms with Gasteiger partial charge in [-0.3, -0.25) is 10.2 Å². The Morgan fingerprint density at radius 3 is 2.05 bits per heavy atom. The lowest BCUT2D eigenvalue weighted by molar-refractivity contribution is 0.175. The van der Waals surface area contributed by atoms with Crippen LogP contribution in [0.4, 0.5) is 11.6 Å². The lowest BCUT2D eigenvalue weighted by Gasteiger charge is -2.36. The molecule has 1 fully saturated rings. The Morgan fingerprint density at radius 2 is 1.49 bits per heavy atom. The van der Waals surface area contributed by atoms with Crippen molar-refractivity contribution in [2.75, 3.05) is 58.1 Å². The normalized spacial score (nSPS) is 14.1. The zero-order chi connectivity index (χ0) is 27.8. The molecule has 0 amide bonds. The number of ether oxygens (including phenoxy) is 3. The van der Waals surface area contributed by atoms with Crippen LogP contribution < -0.4 is 24.8 Å². The molecule has 1 aliphatic rings. The van der Waals surface area contributed by atoms with Crippen molar-refractivity contribution < 1.29 is 14.2 Å². The second kappa shape index (κ2) is 13.2. The third-order valence-electron chi connectivity index (χ3n) is 6.25. The smallest absolute Gasteiger partial charge is 0.229 e. The van der Waals surface area contributed by atoms with Crippen LogP contribution in [0.25, 0.3) is 0 Å². The number of hydrogen-bond acceptors (Lipinski definition) is 7. The van der Waals surface area contributed by atoms with E-state index in [1.165, 1.54) is 5.56 Å². The van der Waals surface area contributed by atoms with Crippen molar-refractivity contribution in [2.45, 2.75) is 20.4 Å². The molecule has 4 rings (SSSR count). The van der Waals surface area contributed by atoms with Gasteiger partial charge in [0.15, 0.2) is 11.5 Å². The minimum Gasteiger partial charge on any atom is -0.493 e. The first-order valence-corrected chi connectivity index (χ1v) is 13.1. The Morgan fingerprint density at radius 1 is 0.872 bits per heavy atom. The molecule has 39 heavy (non-hydrogen) atoms. The first kappa shape index (κ1) is 28.1. The molecule has 0 unspecified atom stereocenters. The molecule has 1 aromatic heterocycles. The highest BCUT2D eigenvalue weighted by atomic mass is 32.1. The fourth-order valence-electron chi connectivity index (χ4n) is 4.42. The SMILES string of the molecule is COc1cc(NC(=S)/N=C(\Nc2nc(C)cc(C)n2)N2CCN(Cc3ccccc3)CC2)cc(OC)c1OC. The van der Waals surface area contributed by atoms with E-state index >= 15 is 0 Å². The van der Waals surface area contributed by atoms with Crippen LogP contribution in [0.15, 0.2) is 53.5 Å². The molecule has 0 spiro atoms. The predicted molar refractivity (Wildman–Crippen MR) is 158 cm³/mol. The summed E-state index contributed by atoms with van der Waals surface area (Å²) in [5.74, 6) is 2.60. The van der Waals surface area contributed by atoms with Crippen LogP contribution in [0.2, 0.25) is 0 Å². The first-order valence-electron chi connectivity index (χ1n) is 12.7. The van der Waals surface area contributed by atoms with E-state index in [4.69, 9.17) is 31.4 Å². The summed E-state index contributed by atoms with van der Waals surface area (Å²) in [7, 11) is 4.71. The van der Waals surface area contributed by atoms with Crippen molar-refractivity contribution in [3.05, 3.63) is 65.5 Å². The summed E-state index contributed by atoms with van der Waals surface area (Å²) in [4.78, 5) is 18.4. The molecule has 2 aromatic carbocycles. The molecule has 206 valence electrons. The molecule has 0 aliphatic carbocycles. The Balaban J connectivity index is 1.54. The number of rotatable bonds is 7. The predicted octanol–water partition coefficient (Wildman–Crippen LogP) is 4.10. The van der Waals surface area contributed by atoms with Gasteiger partial charge in [-0.05, 0) is 37.7 Å². The summed E-state index contributed by atoms with van der Waals surface area (Å²) < 4.78 is 16.4. The minimum atomic E-state index is 0.267. The van der Waals surface area contributed by atoms with Crippen molar-refractivity contribution in [3.8, 4) is 17.2 Å². The highest BCUT2D eigenvalue weighted by Crippen LogP contribution is 2.40. The monoisotopic (exact) mass is 549 g/mol. The molecule has 2 heterocycles. The standard InChI is InChI=1S/C28H35N7O3S/c1-19-15-20(2)30-26(29-19)32-27(35-13-11-34(12-14-35)18-21-9-7-6-8-10-21)33-28(39)31-22-16-23(36-3)25(38-5)24(17-22)37-4/h6-10,15-17H,11-14,18H2,1-5H3,(H2,29,30,31,32,33,39). The second-order valence-electron chi connectivity index (χ2n) is 9.13. The topological polar surface area (TPSA) is 96.4 Å². The summed E-state index contributed by atoms with van der Waals surface area (Å²) in [5.41, 5.74) is 3.70. The number of benzene rings is 2. The maximum absolute atomic E-state index is 5.65. The zero-order valence-corrected chi connectivity index (χ0v) is 23.8. The summed E-state index contributed by atoms with van der Waals surface area (Å²) in [5, 5.41) is 6.75. The molecule has 0 atom stereocenters. The van der Waals surface area contributed by atoms with E-state index in [9.17, 15) is 0 Å². The van der Waals surface area contributed by atoms with Gasteiger partial charge >= 0.3 is 0 Å². The van der Waals surface area contributed by atoms with Crippen LogP contribution in [0.3, 0.4) is 0 Å². The van der Waals surface area contributed by atoms with Gasteiger partial charge in [0.05, 0.1) is 21.3 Å². The number of thiocarbonyl (C=S) groups is 1. The highest BCUT2D eigenvalue weighted by Gasteiger charge is 2.22. The van der Waals surface area contributed by atoms with Gasteiger partial charge in [0, 0.05) is 61.9 Å². The first-order chi connectivity index (χ1) is 18.9. The molecule has 3 aromatic rings. The van der Waals surface area contributed by atoms with Gasteiger partial charge < -0.3 is 24.4 Å². The summed E-state index contributed by atoms with van der Waals surface area (Å²) in [6.45, 7) is 8.11. The maximum Gasteiger partial charge on any atom is 0.229 e. The van der Waals surface area contributed by atoms with Gasteiger partial charge in [-0.2, -0.15) is 4.99 Å². The van der Waals surface area contributed by atoms with Gasteiger partial charge in [0.2, 0.25) is 22.8 Å². The molecule has 0 saturated carbocycles. The van der Waals surface area contributed by atoms with Gasteiger partial charge in [-0.25, -0.2) is 9.97 Å². The van der Waals surface area contributed by atoms with Gasteiger partial charge in [0.1, 0.15) is 0 Å². The molecule has 1 aliphatic heterocycles. The second-order valence-corrected chi connectivity index (χ2v) is 9.51. The highest BCUT2D eigenvalue weighted by molar-refractivity contribution is 7.80. The van der Waals surface area contributed by atoms with Gasteiger partial charge in [0.25, 0.3) is 0 Å². The average molecular weight is 550 g/mol. The summed E-state index contributed by atoms with van der Waals surface area (Å²) in [6.07, 6.45) is 0. The van der Waals surface area contributed by atoms with Crippen LogP contribution in [0, 0.1) is 13.8 Å². The van der Waals surface area contributed by atoms with E-state index in [0.717, 1.165) is 44.1 Å². The fourth-order valence-corrected chi connectivity index (χ4v) is 4.62. The van der Waals surface area contributed by atoms with Crippen molar-refractivity contribution in [3.63, 3.8) is 0 Å². The van der Waals surface area contributed by atoms with Crippen LogP contribution in [0.1, 0.15) is 17.0 Å². The Bertz CT molecular complexity index is 1270. The van der Waals surface area contributed by atoms with E-state index < -0.39 is 0 Å². The van der Waals surface area contributed by atoms with E-state index in [1.54, 1.807) is 33.5 Å². The third kappa shape index (κ3) is 7.55. The number of methoxy groups -OCH3 is 3. The number of anilines is 2. The number of aryl methyl sites for hydroxylation is 2. The quantitative estimate of drug-likeness (QED) is 0.255. The van der Waals surface area contributed by atoms with E-state index in [0.29, 0.717) is 34.8 Å². The number of nitrogens with one attached hydrogen (secondary N) is 2. The maximum atomic E-state index is 5.65. The Labute approximate surface area is 235 Å². The largest absolute Gasteiger partial charge is 0.493 e. The van der Waals surface area contributed by atoms with Crippen molar-refractivity contribution in [2.24, 2.45) is 4.99 Å². The number of aliphatic imine (C=N–C) groups is 1. The van der Waals surface area contributed by atoms with Gasteiger partial charge in [-0.1, -0.05) is 30.3 Å². The number of guanidine groups is 1. The minimum absolute atomic E-state index is 0.267. The lowest BCUT2D eigenvalue weighted by atomic mass is 10.2. The third-order valence-corrected chi connectivity index (χ3v) is 6.44. The molecular weight excluding hydrogens is 514 g/mol. The van der Waals surface area contributed by atoms with Crippen LogP contribution in [0.5, 0.6) is 17.2 Å². The Hall–Kier alpha value is -3.96. The lowest BCUT2D eigenvalue weighted by Crippen LogP contribution is -2.50. The molecular formula is C28H35N7O3S. The Kier molecular flexibility index (Phi) is 9.50. The van der Waals surface area contributed by atoms with Crippen LogP contribution >= 0.6 is 12.2 Å². The number of nitrogens with zero attached hydrogens (tertiary/aromatic N) is 5. The zero-order valence-electron chi connectivity index (χ0n) is 23.0. The number of hydrogen-bond donors (Lipinski definition) is 2. The van der Waals surface area contributed by atoms with E-state index in [1.807, 2.05) is 26.0 Å². The number of aromatic nitrogens is 2. The number of piperazine rings is 1. The van der Waals surface area contributed by atoms with Crippen LogP contribution in [-0.4, -0.2) is 78.3 Å². The molecule has 11 heteroatoms. The summed E-state index contributed by atoms with van der Waals surface area (Å²) >= 11 is 5.65. The van der Waals surface area contributed by atoms with Gasteiger partial charge in [-0.15, -0.1) is 0 Å². The fraction of sp³-hybridized carbons (Fsp3) is 0.357. The van der Waals surface area contributed by atoms with Crippen molar-refractivity contribution in [1.82, 2.24) is 19.8 Å². The summed E-state index contributed by atoms with van der Waals surface area (Å²) in [6, 6.07) is 16.0. The molecule has 0 bridgehead atoms.